The molecule has 1 aliphatic heterocycles. The number of hydrogen-bond acceptors (Lipinski definition) is 5. The van der Waals surface area contributed by atoms with Crippen molar-refractivity contribution in [3.05, 3.63) is 57.7 Å². The van der Waals surface area contributed by atoms with Crippen LogP contribution in [0.5, 0.6) is 0 Å². The van der Waals surface area contributed by atoms with Gasteiger partial charge in [0, 0.05) is 30.4 Å². The average Bonchev–Trinajstić information content (AvgIpc) is 3.35. The van der Waals surface area contributed by atoms with E-state index in [4.69, 9.17) is 0 Å². The molecule has 1 N–H and O–H groups in total. The number of carbonyl (C=O) groups is 1. The maximum absolute atomic E-state index is 12.8. The highest BCUT2D eigenvalue weighted by atomic mass is 32.2. The molecule has 1 amide bonds. The molecule has 0 bridgehead atoms. The minimum Gasteiger partial charge on any atom is -0.322 e. The largest absolute Gasteiger partial charge is 0.322 e. The van der Waals surface area contributed by atoms with E-state index in [0.29, 0.717) is 18.8 Å². The first-order valence-corrected chi connectivity index (χ1v) is 12.1. The summed E-state index contributed by atoms with van der Waals surface area (Å²) in [6.45, 7) is 4.92. The van der Waals surface area contributed by atoms with Crippen LogP contribution in [0.25, 0.3) is 10.2 Å². The maximum atomic E-state index is 12.8. The highest BCUT2D eigenvalue weighted by Gasteiger charge is 2.27. The molecule has 3 aromatic rings. The number of hydrogen-bond donors (Lipinski definition) is 1. The highest BCUT2D eigenvalue weighted by Crippen LogP contribution is 2.25. The summed E-state index contributed by atoms with van der Waals surface area (Å²) in [6.07, 6.45) is 1.71. The van der Waals surface area contributed by atoms with E-state index in [0.717, 1.165) is 34.4 Å². The number of sulfonamides is 1. The minimum absolute atomic E-state index is 0.0386. The lowest BCUT2D eigenvalue weighted by atomic mass is 10.2. The van der Waals surface area contributed by atoms with Gasteiger partial charge in [-0.2, -0.15) is 4.31 Å². The Bertz CT molecular complexity index is 1270. The summed E-state index contributed by atoms with van der Waals surface area (Å²) in [4.78, 5) is 25.0. The van der Waals surface area contributed by atoms with Crippen molar-refractivity contribution >= 4 is 43.2 Å². The van der Waals surface area contributed by atoms with E-state index in [1.165, 1.54) is 16.4 Å². The van der Waals surface area contributed by atoms with E-state index in [2.05, 4.69) is 5.32 Å². The summed E-state index contributed by atoms with van der Waals surface area (Å²) in [5.41, 5.74) is 1.65. The Morgan fingerprint density at radius 1 is 1.10 bits per heavy atom. The second-order valence-corrected chi connectivity index (χ2v) is 10.5. The molecule has 0 spiro atoms. The van der Waals surface area contributed by atoms with Gasteiger partial charge in [0.25, 0.3) is 5.91 Å². The Balaban J connectivity index is 1.59. The third kappa shape index (κ3) is 3.80. The number of benzene rings is 2. The molecule has 0 radical (unpaired) electrons. The van der Waals surface area contributed by atoms with Crippen molar-refractivity contribution in [1.82, 2.24) is 8.87 Å². The second-order valence-electron chi connectivity index (χ2n) is 7.61. The van der Waals surface area contributed by atoms with Crippen LogP contribution in [0.4, 0.5) is 5.69 Å². The number of anilines is 1. The Morgan fingerprint density at radius 3 is 2.53 bits per heavy atom. The van der Waals surface area contributed by atoms with Crippen LogP contribution >= 0.6 is 11.3 Å². The monoisotopic (exact) mass is 445 g/mol. The van der Waals surface area contributed by atoms with Gasteiger partial charge in [-0.05, 0) is 63.1 Å². The number of carbonyl (C=O) groups excluding carboxylic acids is 1. The van der Waals surface area contributed by atoms with Gasteiger partial charge in [-0.1, -0.05) is 17.4 Å². The van der Waals surface area contributed by atoms with Gasteiger partial charge in [0.05, 0.1) is 15.1 Å². The van der Waals surface area contributed by atoms with Crippen molar-refractivity contribution in [3.8, 4) is 0 Å². The predicted molar refractivity (Wildman–Crippen MR) is 119 cm³/mol. The van der Waals surface area contributed by atoms with Crippen molar-refractivity contribution in [1.29, 1.82) is 0 Å². The zero-order valence-corrected chi connectivity index (χ0v) is 18.4. The molecule has 0 saturated carbocycles. The van der Waals surface area contributed by atoms with Gasteiger partial charge in [0.2, 0.25) is 10.0 Å². The van der Waals surface area contributed by atoms with Crippen LogP contribution in [0.3, 0.4) is 0 Å². The molecule has 1 aliphatic rings. The molecule has 2 aromatic carbocycles. The third-order valence-electron chi connectivity index (χ3n) is 5.19. The number of nitrogens with one attached hydrogen (secondary N) is 1. The Hall–Kier alpha value is -2.49. The first kappa shape index (κ1) is 20.8. The Kier molecular flexibility index (Phi) is 5.52. The fraction of sp³-hybridized carbons (Fsp3) is 0.333. The lowest BCUT2D eigenvalue weighted by molar-refractivity contribution is 0.102. The van der Waals surface area contributed by atoms with E-state index < -0.39 is 15.9 Å². The molecule has 0 atom stereocenters. The molecule has 9 heteroatoms. The highest BCUT2D eigenvalue weighted by molar-refractivity contribution is 7.89. The second kappa shape index (κ2) is 7.98. The van der Waals surface area contributed by atoms with Gasteiger partial charge < -0.3 is 5.32 Å². The Labute approximate surface area is 179 Å². The quantitative estimate of drug-likeness (QED) is 0.649. The molecule has 4 rings (SSSR count). The van der Waals surface area contributed by atoms with E-state index in [9.17, 15) is 18.0 Å². The molecule has 1 saturated heterocycles. The number of rotatable bonds is 5. The van der Waals surface area contributed by atoms with Gasteiger partial charge in [-0.15, -0.1) is 0 Å². The molecule has 1 aromatic heterocycles. The maximum Gasteiger partial charge on any atom is 0.308 e. The fourth-order valence-electron chi connectivity index (χ4n) is 3.68. The van der Waals surface area contributed by atoms with Gasteiger partial charge >= 0.3 is 4.87 Å². The van der Waals surface area contributed by atoms with E-state index >= 15 is 0 Å². The number of amides is 1. The van der Waals surface area contributed by atoms with Gasteiger partial charge in [0.1, 0.15) is 0 Å². The summed E-state index contributed by atoms with van der Waals surface area (Å²) >= 11 is 1.14. The molecular formula is C21H23N3O4S2. The Morgan fingerprint density at radius 2 is 1.83 bits per heavy atom. The molecule has 2 heterocycles. The molecule has 158 valence electrons. The van der Waals surface area contributed by atoms with Crippen molar-refractivity contribution in [2.24, 2.45) is 0 Å². The summed E-state index contributed by atoms with van der Waals surface area (Å²) < 4.78 is 29.5. The zero-order chi connectivity index (χ0) is 21.5. The third-order valence-corrected chi connectivity index (χ3v) is 8.00. The van der Waals surface area contributed by atoms with Crippen LogP contribution in [0.2, 0.25) is 0 Å². The van der Waals surface area contributed by atoms with Crippen molar-refractivity contribution in [3.63, 3.8) is 0 Å². The summed E-state index contributed by atoms with van der Waals surface area (Å²) in [5.74, 6) is -0.400. The summed E-state index contributed by atoms with van der Waals surface area (Å²) in [5, 5.41) is 2.80. The van der Waals surface area contributed by atoms with E-state index in [1.54, 1.807) is 28.8 Å². The first-order valence-electron chi connectivity index (χ1n) is 9.84. The number of nitrogens with zero attached hydrogens (tertiary/aromatic N) is 2. The van der Waals surface area contributed by atoms with Crippen LogP contribution in [0.15, 0.2) is 52.2 Å². The lowest BCUT2D eigenvalue weighted by Gasteiger charge is -2.16. The molecule has 0 unspecified atom stereocenters. The normalized spacial score (nSPS) is 15.2. The predicted octanol–water partition coefficient (Wildman–Crippen LogP) is 3.68. The standard InChI is InChI=1S/C21H23N3O4S2/c1-14(2)24-18-9-8-16(13-19(18)29-21(24)26)22-20(25)15-6-5-7-17(12-15)30(27,28)23-10-3-4-11-23/h5-9,12-14H,3-4,10-11H2,1-2H3,(H,22,25). The topological polar surface area (TPSA) is 88.5 Å². The van der Waals surface area contributed by atoms with E-state index in [-0.39, 0.29) is 21.4 Å². The van der Waals surface area contributed by atoms with Gasteiger partial charge in [-0.25, -0.2) is 8.42 Å². The summed E-state index contributed by atoms with van der Waals surface area (Å²) in [7, 11) is -3.59. The molecule has 7 nitrogen and oxygen atoms in total. The smallest absolute Gasteiger partial charge is 0.308 e. The van der Waals surface area contributed by atoms with Crippen LogP contribution in [-0.4, -0.2) is 36.3 Å². The van der Waals surface area contributed by atoms with Crippen LogP contribution in [-0.2, 0) is 10.0 Å². The molecular weight excluding hydrogens is 422 g/mol. The molecule has 30 heavy (non-hydrogen) atoms. The van der Waals surface area contributed by atoms with Crippen LogP contribution < -0.4 is 10.2 Å². The minimum atomic E-state index is -3.59. The van der Waals surface area contributed by atoms with Crippen molar-refractivity contribution in [2.45, 2.75) is 37.6 Å². The van der Waals surface area contributed by atoms with Crippen molar-refractivity contribution < 1.29 is 13.2 Å². The number of aromatic nitrogens is 1. The molecule has 1 fully saturated rings. The van der Waals surface area contributed by atoms with Crippen LogP contribution in [0, 0.1) is 0 Å². The summed E-state index contributed by atoms with van der Waals surface area (Å²) in [6, 6.07) is 11.5. The SMILES string of the molecule is CC(C)n1c(=O)sc2cc(NC(=O)c3cccc(S(=O)(=O)N4CCCC4)c3)ccc21. The lowest BCUT2D eigenvalue weighted by Crippen LogP contribution is -2.28. The van der Waals surface area contributed by atoms with Crippen LogP contribution in [0.1, 0.15) is 43.1 Å². The molecule has 0 aliphatic carbocycles. The first-order chi connectivity index (χ1) is 14.3. The van der Waals surface area contributed by atoms with Gasteiger partial charge in [-0.3, -0.25) is 14.2 Å². The average molecular weight is 446 g/mol. The zero-order valence-electron chi connectivity index (χ0n) is 16.8. The number of thiazole rings is 1. The van der Waals surface area contributed by atoms with Crippen molar-refractivity contribution in [2.75, 3.05) is 18.4 Å². The van der Waals surface area contributed by atoms with Gasteiger partial charge in [0.15, 0.2) is 0 Å². The fourth-order valence-corrected chi connectivity index (χ4v) is 6.30. The number of fused-ring (bicyclic) bond motifs is 1. The van der Waals surface area contributed by atoms with E-state index in [1.807, 2.05) is 19.9 Å².